The summed E-state index contributed by atoms with van der Waals surface area (Å²) in [5.41, 5.74) is 1.12. The third-order valence-corrected chi connectivity index (χ3v) is 4.13. The Hall–Kier alpha value is -1.24. The van der Waals surface area contributed by atoms with Crippen molar-refractivity contribution in [3.63, 3.8) is 0 Å². The van der Waals surface area contributed by atoms with Crippen LogP contribution < -0.4 is 4.90 Å². The molecule has 0 bridgehead atoms. The lowest BCUT2D eigenvalue weighted by molar-refractivity contribution is 0.174. The Bertz CT molecular complexity index is 430. The molecular formula is C14H23N5O. The SMILES string of the molecule is CN1CCN(c2ncc(CN3CC[C@@H](O)C3)cn2)CC1. The first-order chi connectivity index (χ1) is 9.70. The highest BCUT2D eigenvalue weighted by Crippen LogP contribution is 2.14. The molecule has 1 N–H and O–H groups in total. The summed E-state index contributed by atoms with van der Waals surface area (Å²) in [6, 6.07) is 0. The monoisotopic (exact) mass is 277 g/mol. The summed E-state index contributed by atoms with van der Waals surface area (Å²) in [6.07, 6.45) is 4.55. The van der Waals surface area contributed by atoms with Crippen LogP contribution in [0.4, 0.5) is 5.95 Å². The number of hydrogen-bond acceptors (Lipinski definition) is 6. The lowest BCUT2D eigenvalue weighted by atomic mass is 10.3. The Morgan fingerprint density at radius 3 is 2.45 bits per heavy atom. The molecule has 6 heteroatoms. The molecular weight excluding hydrogens is 254 g/mol. The lowest BCUT2D eigenvalue weighted by Crippen LogP contribution is -2.45. The lowest BCUT2D eigenvalue weighted by Gasteiger charge is -2.32. The molecule has 1 aromatic rings. The van der Waals surface area contributed by atoms with Crippen LogP contribution in [0.15, 0.2) is 12.4 Å². The van der Waals surface area contributed by atoms with Crippen molar-refractivity contribution >= 4 is 5.95 Å². The van der Waals surface area contributed by atoms with Gasteiger partial charge in [-0.3, -0.25) is 4.90 Å². The number of piperazine rings is 1. The average molecular weight is 277 g/mol. The van der Waals surface area contributed by atoms with Gasteiger partial charge in [0.25, 0.3) is 0 Å². The van der Waals surface area contributed by atoms with Crippen LogP contribution in [0, 0.1) is 0 Å². The second-order valence-electron chi connectivity index (χ2n) is 5.86. The van der Waals surface area contributed by atoms with Gasteiger partial charge in [0.1, 0.15) is 0 Å². The maximum atomic E-state index is 9.53. The number of aliphatic hydroxyl groups excluding tert-OH is 1. The maximum Gasteiger partial charge on any atom is 0.225 e. The number of hydrogen-bond donors (Lipinski definition) is 1. The van der Waals surface area contributed by atoms with Gasteiger partial charge in [0, 0.05) is 63.8 Å². The molecule has 0 unspecified atom stereocenters. The number of β-amino-alcohol motifs (C(OH)–C–C–N with tert-alkyl or cyclic N) is 1. The van der Waals surface area contributed by atoms with Gasteiger partial charge in [0.15, 0.2) is 0 Å². The largest absolute Gasteiger partial charge is 0.392 e. The van der Waals surface area contributed by atoms with Gasteiger partial charge < -0.3 is 14.9 Å². The van der Waals surface area contributed by atoms with Gasteiger partial charge in [-0.1, -0.05) is 0 Å². The summed E-state index contributed by atoms with van der Waals surface area (Å²) in [6.45, 7) is 6.68. The molecule has 1 atom stereocenters. The van der Waals surface area contributed by atoms with E-state index in [1.165, 1.54) is 0 Å². The first kappa shape index (κ1) is 13.7. The molecule has 6 nitrogen and oxygen atoms in total. The number of aliphatic hydroxyl groups is 1. The van der Waals surface area contributed by atoms with Crippen molar-refractivity contribution in [2.24, 2.45) is 0 Å². The molecule has 2 aliphatic rings. The van der Waals surface area contributed by atoms with Crippen LogP contribution in [0.2, 0.25) is 0 Å². The molecule has 0 aromatic carbocycles. The Labute approximate surface area is 120 Å². The molecule has 0 aliphatic carbocycles. The zero-order valence-electron chi connectivity index (χ0n) is 12.1. The van der Waals surface area contributed by atoms with Gasteiger partial charge in [-0.05, 0) is 13.5 Å². The van der Waals surface area contributed by atoms with Crippen LogP contribution in [0.25, 0.3) is 0 Å². The summed E-state index contributed by atoms with van der Waals surface area (Å²) in [5, 5.41) is 9.53. The normalized spacial score (nSPS) is 25.3. The third kappa shape index (κ3) is 3.26. The standard InChI is InChI=1S/C14H23N5O/c1-17-4-6-19(7-5-17)14-15-8-12(9-16-14)10-18-3-2-13(20)11-18/h8-9,13,20H,2-7,10-11H2,1H3/t13-/m1/s1. The number of rotatable bonds is 3. The van der Waals surface area contributed by atoms with E-state index in [1.54, 1.807) is 0 Å². The first-order valence-corrected chi connectivity index (χ1v) is 7.35. The Morgan fingerprint density at radius 2 is 1.85 bits per heavy atom. The maximum absolute atomic E-state index is 9.53. The molecule has 110 valence electrons. The number of likely N-dealkylation sites (N-methyl/N-ethyl adjacent to an activating group) is 1. The van der Waals surface area contributed by atoms with Crippen LogP contribution >= 0.6 is 0 Å². The van der Waals surface area contributed by atoms with Gasteiger partial charge in [-0.25, -0.2) is 9.97 Å². The molecule has 3 rings (SSSR count). The van der Waals surface area contributed by atoms with Crippen molar-refractivity contribution in [2.45, 2.75) is 19.1 Å². The van der Waals surface area contributed by atoms with Crippen molar-refractivity contribution in [1.29, 1.82) is 0 Å². The third-order valence-electron chi connectivity index (χ3n) is 4.13. The molecule has 2 fully saturated rings. The Morgan fingerprint density at radius 1 is 1.15 bits per heavy atom. The fourth-order valence-corrected chi connectivity index (χ4v) is 2.81. The molecule has 1 aromatic heterocycles. The van der Waals surface area contributed by atoms with E-state index in [4.69, 9.17) is 0 Å². The van der Waals surface area contributed by atoms with E-state index < -0.39 is 0 Å². The van der Waals surface area contributed by atoms with Crippen molar-refractivity contribution < 1.29 is 5.11 Å². The second-order valence-corrected chi connectivity index (χ2v) is 5.86. The number of nitrogens with zero attached hydrogens (tertiary/aromatic N) is 5. The Balaban J connectivity index is 1.57. The minimum atomic E-state index is -0.166. The molecule has 0 amide bonds. The van der Waals surface area contributed by atoms with E-state index in [1.807, 2.05) is 12.4 Å². The minimum Gasteiger partial charge on any atom is -0.392 e. The second kappa shape index (κ2) is 6.03. The number of anilines is 1. The molecule has 3 heterocycles. The van der Waals surface area contributed by atoms with Gasteiger partial charge in [-0.2, -0.15) is 0 Å². The summed E-state index contributed by atoms with van der Waals surface area (Å²) in [5.74, 6) is 0.836. The summed E-state index contributed by atoms with van der Waals surface area (Å²) >= 11 is 0. The van der Waals surface area contributed by atoms with Crippen LogP contribution in [0.1, 0.15) is 12.0 Å². The van der Waals surface area contributed by atoms with E-state index >= 15 is 0 Å². The van der Waals surface area contributed by atoms with Crippen molar-refractivity contribution in [3.8, 4) is 0 Å². The summed E-state index contributed by atoms with van der Waals surface area (Å²) < 4.78 is 0. The molecule has 2 saturated heterocycles. The zero-order valence-corrected chi connectivity index (χ0v) is 12.1. The van der Waals surface area contributed by atoms with Crippen LogP contribution in [-0.4, -0.2) is 77.3 Å². The van der Waals surface area contributed by atoms with Crippen molar-refractivity contribution in [3.05, 3.63) is 18.0 Å². The van der Waals surface area contributed by atoms with E-state index in [9.17, 15) is 5.11 Å². The molecule has 2 aliphatic heterocycles. The predicted octanol–water partition coefficient (Wildman–Crippen LogP) is -0.205. The average Bonchev–Trinajstić information content (AvgIpc) is 2.86. The number of aromatic nitrogens is 2. The highest BCUT2D eigenvalue weighted by Gasteiger charge is 2.20. The summed E-state index contributed by atoms with van der Waals surface area (Å²) in [4.78, 5) is 15.8. The smallest absolute Gasteiger partial charge is 0.225 e. The molecule has 20 heavy (non-hydrogen) atoms. The van der Waals surface area contributed by atoms with Crippen LogP contribution in [0.3, 0.4) is 0 Å². The van der Waals surface area contributed by atoms with Gasteiger partial charge in [0.05, 0.1) is 6.10 Å². The van der Waals surface area contributed by atoms with Crippen molar-refractivity contribution in [2.75, 3.05) is 51.2 Å². The number of likely N-dealkylation sites (tertiary alicyclic amines) is 1. The van der Waals surface area contributed by atoms with Crippen molar-refractivity contribution in [1.82, 2.24) is 19.8 Å². The molecule has 0 radical (unpaired) electrons. The van der Waals surface area contributed by atoms with E-state index in [-0.39, 0.29) is 6.10 Å². The van der Waals surface area contributed by atoms with Crippen LogP contribution in [0.5, 0.6) is 0 Å². The van der Waals surface area contributed by atoms with Gasteiger partial charge in [0.2, 0.25) is 5.95 Å². The van der Waals surface area contributed by atoms with E-state index in [2.05, 4.69) is 31.7 Å². The zero-order chi connectivity index (χ0) is 13.9. The topological polar surface area (TPSA) is 55.7 Å². The quantitative estimate of drug-likeness (QED) is 0.825. The fraction of sp³-hybridized carbons (Fsp3) is 0.714. The highest BCUT2D eigenvalue weighted by atomic mass is 16.3. The predicted molar refractivity (Wildman–Crippen MR) is 77.6 cm³/mol. The molecule has 0 spiro atoms. The Kier molecular flexibility index (Phi) is 4.14. The van der Waals surface area contributed by atoms with Gasteiger partial charge in [-0.15, -0.1) is 0 Å². The highest BCUT2D eigenvalue weighted by molar-refractivity contribution is 5.30. The van der Waals surface area contributed by atoms with Crippen LogP contribution in [-0.2, 0) is 6.54 Å². The summed E-state index contributed by atoms with van der Waals surface area (Å²) in [7, 11) is 2.14. The molecule has 0 saturated carbocycles. The first-order valence-electron chi connectivity index (χ1n) is 7.35. The van der Waals surface area contributed by atoms with Gasteiger partial charge >= 0.3 is 0 Å². The van der Waals surface area contributed by atoms with E-state index in [0.717, 1.165) is 63.7 Å². The minimum absolute atomic E-state index is 0.166. The van der Waals surface area contributed by atoms with E-state index in [0.29, 0.717) is 0 Å². The fourth-order valence-electron chi connectivity index (χ4n) is 2.81.